The van der Waals surface area contributed by atoms with Gasteiger partial charge in [0.25, 0.3) is 11.1 Å². The van der Waals surface area contributed by atoms with Crippen LogP contribution in [0, 0.1) is 0 Å². The SMILES string of the molecule is O=c1cc(N2CCN(Cc3cc(=O)n4ccsc4n3)CC2)nc[nH]1. The third kappa shape index (κ3) is 2.95. The second kappa shape index (κ2) is 6.17. The highest BCUT2D eigenvalue weighted by atomic mass is 32.1. The number of aromatic nitrogens is 4. The second-order valence-electron chi connectivity index (χ2n) is 5.67. The van der Waals surface area contributed by atoms with Crippen LogP contribution in [0.3, 0.4) is 0 Å². The maximum atomic E-state index is 12.0. The molecule has 1 aliphatic rings. The van der Waals surface area contributed by atoms with E-state index in [2.05, 4.69) is 24.8 Å². The Morgan fingerprint density at radius 1 is 1.17 bits per heavy atom. The number of hydrogen-bond donors (Lipinski definition) is 1. The maximum Gasteiger partial charge on any atom is 0.258 e. The molecule has 0 unspecified atom stereocenters. The summed E-state index contributed by atoms with van der Waals surface area (Å²) in [4.78, 5) is 39.8. The number of thiazole rings is 1. The van der Waals surface area contributed by atoms with Crippen molar-refractivity contribution in [2.45, 2.75) is 6.54 Å². The van der Waals surface area contributed by atoms with Gasteiger partial charge >= 0.3 is 0 Å². The average molecular weight is 344 g/mol. The zero-order valence-corrected chi connectivity index (χ0v) is 13.7. The van der Waals surface area contributed by atoms with Gasteiger partial charge in [0.15, 0.2) is 4.96 Å². The molecule has 8 nitrogen and oxygen atoms in total. The van der Waals surface area contributed by atoms with Crippen molar-refractivity contribution in [2.75, 3.05) is 31.1 Å². The van der Waals surface area contributed by atoms with Gasteiger partial charge in [-0.15, -0.1) is 11.3 Å². The molecule has 1 saturated heterocycles. The van der Waals surface area contributed by atoms with Gasteiger partial charge in [-0.2, -0.15) is 0 Å². The van der Waals surface area contributed by atoms with E-state index in [4.69, 9.17) is 0 Å². The van der Waals surface area contributed by atoms with E-state index < -0.39 is 0 Å². The van der Waals surface area contributed by atoms with Crippen molar-refractivity contribution >= 4 is 22.1 Å². The summed E-state index contributed by atoms with van der Waals surface area (Å²) in [7, 11) is 0. The molecule has 1 fully saturated rings. The number of anilines is 1. The highest BCUT2D eigenvalue weighted by Crippen LogP contribution is 2.13. The van der Waals surface area contributed by atoms with Crippen LogP contribution < -0.4 is 16.0 Å². The van der Waals surface area contributed by atoms with Gasteiger partial charge in [-0.3, -0.25) is 18.9 Å². The first kappa shape index (κ1) is 15.0. The first-order valence-electron chi connectivity index (χ1n) is 7.67. The van der Waals surface area contributed by atoms with Crippen LogP contribution in [0.2, 0.25) is 0 Å². The summed E-state index contributed by atoms with van der Waals surface area (Å²) in [5.74, 6) is 0.703. The van der Waals surface area contributed by atoms with Crippen LogP contribution in [0.15, 0.2) is 39.6 Å². The van der Waals surface area contributed by atoms with Gasteiger partial charge in [0.2, 0.25) is 0 Å². The third-order valence-corrected chi connectivity index (χ3v) is 4.86. The van der Waals surface area contributed by atoms with E-state index in [0.717, 1.165) is 36.8 Å². The van der Waals surface area contributed by atoms with Crippen molar-refractivity contribution < 1.29 is 0 Å². The van der Waals surface area contributed by atoms with Gasteiger partial charge in [-0.25, -0.2) is 9.97 Å². The third-order valence-electron chi connectivity index (χ3n) is 4.10. The van der Waals surface area contributed by atoms with Gasteiger partial charge in [0.05, 0.1) is 12.0 Å². The highest BCUT2D eigenvalue weighted by molar-refractivity contribution is 7.15. The molecule has 0 radical (unpaired) electrons. The summed E-state index contributed by atoms with van der Waals surface area (Å²) in [5, 5.41) is 1.86. The quantitative estimate of drug-likeness (QED) is 0.728. The minimum Gasteiger partial charge on any atom is -0.354 e. The number of piperazine rings is 1. The number of nitrogens with one attached hydrogen (secondary N) is 1. The number of H-pyrrole nitrogens is 1. The largest absolute Gasteiger partial charge is 0.354 e. The smallest absolute Gasteiger partial charge is 0.258 e. The highest BCUT2D eigenvalue weighted by Gasteiger charge is 2.19. The Balaban J connectivity index is 1.44. The molecule has 3 aromatic heterocycles. The van der Waals surface area contributed by atoms with Crippen LogP contribution in [0.25, 0.3) is 4.96 Å². The lowest BCUT2D eigenvalue weighted by Gasteiger charge is -2.35. The average Bonchev–Trinajstić information content (AvgIpc) is 3.05. The molecule has 0 saturated carbocycles. The first-order chi connectivity index (χ1) is 11.7. The second-order valence-corrected chi connectivity index (χ2v) is 6.55. The molecule has 0 aromatic carbocycles. The Labute approximate surface area is 141 Å². The fraction of sp³-hybridized carbons (Fsp3) is 0.333. The van der Waals surface area contributed by atoms with Crippen molar-refractivity contribution in [1.29, 1.82) is 0 Å². The van der Waals surface area contributed by atoms with E-state index in [1.54, 1.807) is 16.7 Å². The van der Waals surface area contributed by atoms with Crippen LogP contribution in [0.1, 0.15) is 5.69 Å². The minimum absolute atomic E-state index is 0.0393. The number of aromatic amines is 1. The molecule has 124 valence electrons. The summed E-state index contributed by atoms with van der Waals surface area (Å²) >= 11 is 1.46. The van der Waals surface area contributed by atoms with E-state index in [0.29, 0.717) is 12.4 Å². The monoisotopic (exact) mass is 344 g/mol. The summed E-state index contributed by atoms with van der Waals surface area (Å²) in [6, 6.07) is 3.12. The van der Waals surface area contributed by atoms with E-state index in [1.165, 1.54) is 23.7 Å². The van der Waals surface area contributed by atoms with Crippen LogP contribution in [0.5, 0.6) is 0 Å². The zero-order valence-electron chi connectivity index (χ0n) is 12.9. The molecule has 0 spiro atoms. The van der Waals surface area contributed by atoms with Crippen LogP contribution >= 0.6 is 11.3 Å². The van der Waals surface area contributed by atoms with Gasteiger partial charge in [0, 0.05) is 56.4 Å². The molecule has 1 N–H and O–H groups in total. The number of rotatable bonds is 3. The molecule has 0 amide bonds. The summed E-state index contributed by atoms with van der Waals surface area (Å²) < 4.78 is 1.56. The van der Waals surface area contributed by atoms with Crippen LogP contribution in [-0.2, 0) is 6.54 Å². The predicted octanol–water partition coefficient (Wildman–Crippen LogP) is 0.161. The minimum atomic E-state index is -0.142. The zero-order chi connectivity index (χ0) is 16.5. The molecule has 0 atom stereocenters. The van der Waals surface area contributed by atoms with Gasteiger partial charge in [-0.05, 0) is 0 Å². The predicted molar refractivity (Wildman–Crippen MR) is 91.7 cm³/mol. The lowest BCUT2D eigenvalue weighted by atomic mass is 10.3. The normalized spacial score (nSPS) is 15.9. The Morgan fingerprint density at radius 3 is 2.79 bits per heavy atom. The lowest BCUT2D eigenvalue weighted by Crippen LogP contribution is -2.46. The summed E-state index contributed by atoms with van der Waals surface area (Å²) in [6.45, 7) is 3.90. The first-order valence-corrected chi connectivity index (χ1v) is 8.55. The number of hydrogen-bond acceptors (Lipinski definition) is 7. The number of nitrogens with zero attached hydrogens (tertiary/aromatic N) is 5. The van der Waals surface area contributed by atoms with E-state index in [-0.39, 0.29) is 11.1 Å². The van der Waals surface area contributed by atoms with E-state index in [9.17, 15) is 9.59 Å². The Kier molecular flexibility index (Phi) is 3.87. The van der Waals surface area contributed by atoms with Crippen molar-refractivity contribution in [3.05, 3.63) is 56.4 Å². The Morgan fingerprint density at radius 2 is 2.00 bits per heavy atom. The standard InChI is InChI=1S/C15H16N6O2S/c22-13-8-12(16-10-17-13)20-3-1-19(2-4-20)9-11-7-14(23)21-5-6-24-15(21)18-11/h5-8,10H,1-4,9H2,(H,16,17,22). The molecule has 4 rings (SSSR count). The molecule has 4 heterocycles. The van der Waals surface area contributed by atoms with Gasteiger partial charge < -0.3 is 9.88 Å². The van der Waals surface area contributed by atoms with E-state index >= 15 is 0 Å². The van der Waals surface area contributed by atoms with Crippen LogP contribution in [-0.4, -0.2) is 50.4 Å². The van der Waals surface area contributed by atoms with Gasteiger partial charge in [0.1, 0.15) is 5.82 Å². The van der Waals surface area contributed by atoms with Gasteiger partial charge in [-0.1, -0.05) is 0 Å². The lowest BCUT2D eigenvalue weighted by molar-refractivity contribution is 0.246. The molecule has 0 bridgehead atoms. The van der Waals surface area contributed by atoms with E-state index in [1.807, 2.05) is 5.38 Å². The molecule has 1 aliphatic heterocycles. The van der Waals surface area contributed by atoms with Crippen molar-refractivity contribution in [2.24, 2.45) is 0 Å². The molecule has 24 heavy (non-hydrogen) atoms. The fourth-order valence-electron chi connectivity index (χ4n) is 2.86. The van der Waals surface area contributed by atoms with Crippen molar-refractivity contribution in [3.63, 3.8) is 0 Å². The van der Waals surface area contributed by atoms with Crippen molar-refractivity contribution in [1.82, 2.24) is 24.3 Å². The van der Waals surface area contributed by atoms with Crippen molar-refractivity contribution in [3.8, 4) is 0 Å². The Bertz CT molecular complexity index is 969. The Hall–Kier alpha value is -2.52. The maximum absolute atomic E-state index is 12.0. The number of fused-ring (bicyclic) bond motifs is 1. The fourth-order valence-corrected chi connectivity index (χ4v) is 3.60. The summed E-state index contributed by atoms with van der Waals surface area (Å²) in [5.41, 5.74) is 0.615. The molecule has 0 aliphatic carbocycles. The topological polar surface area (TPSA) is 86.6 Å². The molecule has 3 aromatic rings. The molecule has 9 heteroatoms. The summed E-state index contributed by atoms with van der Waals surface area (Å²) in [6.07, 6.45) is 3.17. The molecular formula is C15H16N6O2S. The molecular weight excluding hydrogens is 328 g/mol. The van der Waals surface area contributed by atoms with Crippen LogP contribution in [0.4, 0.5) is 5.82 Å².